The Morgan fingerprint density at radius 2 is 0.786 bits per heavy atom. The van der Waals surface area contributed by atoms with Crippen LogP contribution in [0, 0.1) is 0 Å². The molecular weight excluding hydrogens is 510 g/mol. The van der Waals surface area contributed by atoms with Crippen LogP contribution in [0.5, 0.6) is 0 Å². The largest absolute Gasteiger partial charge is 0.264 e. The quantitative estimate of drug-likeness (QED) is 0.212. The van der Waals surface area contributed by atoms with E-state index in [0.29, 0.717) is 0 Å². The van der Waals surface area contributed by atoms with Gasteiger partial charge in [-0.3, -0.25) is 4.98 Å². The molecule has 3 heteroatoms. The normalized spacial score (nSPS) is 10.9. The van der Waals surface area contributed by atoms with Gasteiger partial charge in [0.05, 0.1) is 11.4 Å². The van der Waals surface area contributed by atoms with E-state index in [4.69, 9.17) is 9.97 Å². The zero-order valence-corrected chi connectivity index (χ0v) is 22.9. The van der Waals surface area contributed by atoms with Gasteiger partial charge in [-0.05, 0) is 51.6 Å². The van der Waals surface area contributed by atoms with Crippen molar-refractivity contribution in [1.29, 1.82) is 0 Å². The van der Waals surface area contributed by atoms with Gasteiger partial charge in [0.15, 0.2) is 5.82 Å². The molecule has 0 amide bonds. The van der Waals surface area contributed by atoms with Crippen LogP contribution in [-0.2, 0) is 0 Å². The number of nitrogens with zero attached hydrogens (tertiary/aromatic N) is 3. The van der Waals surface area contributed by atoms with Gasteiger partial charge in [0.1, 0.15) is 0 Å². The summed E-state index contributed by atoms with van der Waals surface area (Å²) in [6.45, 7) is 0. The zero-order chi connectivity index (χ0) is 28.1. The van der Waals surface area contributed by atoms with Crippen molar-refractivity contribution in [3.63, 3.8) is 0 Å². The van der Waals surface area contributed by atoms with Crippen LogP contribution in [0.15, 0.2) is 164 Å². The Balaban J connectivity index is 1.20. The predicted molar refractivity (Wildman–Crippen MR) is 172 cm³/mol. The van der Waals surface area contributed by atoms with E-state index in [1.807, 2.05) is 48.7 Å². The van der Waals surface area contributed by atoms with Crippen LogP contribution < -0.4 is 0 Å². The maximum Gasteiger partial charge on any atom is 0.160 e. The van der Waals surface area contributed by atoms with Crippen LogP contribution in [0.25, 0.3) is 67.3 Å². The highest BCUT2D eigenvalue weighted by Crippen LogP contribution is 2.31. The number of pyridine rings is 1. The summed E-state index contributed by atoms with van der Waals surface area (Å²) in [5.41, 5.74) is 11.9. The first-order chi connectivity index (χ1) is 20.8. The van der Waals surface area contributed by atoms with Crippen molar-refractivity contribution < 1.29 is 0 Å². The lowest BCUT2D eigenvalue weighted by Gasteiger charge is -2.11. The second kappa shape index (κ2) is 11.4. The molecule has 0 saturated carbocycles. The number of benzene rings is 5. The smallest absolute Gasteiger partial charge is 0.160 e. The fourth-order valence-corrected chi connectivity index (χ4v) is 5.17. The molecule has 0 aliphatic carbocycles. The molecule has 3 nitrogen and oxygen atoms in total. The third-order valence-corrected chi connectivity index (χ3v) is 7.42. The standard InChI is InChI=1S/C39H27N3/c1-3-9-32(10-4-1)37-26-38(42-39(41-37)33-11-5-2-6-12-33)35-14-7-13-34(25-35)30-20-16-28(17-21-30)29-18-22-31(23-19-29)36-15-8-24-40-27-36/h1-27H. The highest BCUT2D eigenvalue weighted by atomic mass is 14.9. The van der Waals surface area contributed by atoms with E-state index < -0.39 is 0 Å². The molecule has 0 spiro atoms. The SMILES string of the molecule is c1ccc(-c2cc(-c3cccc(-c4ccc(-c5ccc(-c6cccnc6)cc5)cc4)c3)nc(-c3ccccc3)n2)cc1. The maximum absolute atomic E-state index is 5.00. The minimum absolute atomic E-state index is 0.719. The van der Waals surface area contributed by atoms with Gasteiger partial charge in [0, 0.05) is 29.1 Å². The van der Waals surface area contributed by atoms with Crippen molar-refractivity contribution in [2.45, 2.75) is 0 Å². The monoisotopic (exact) mass is 537 g/mol. The molecule has 0 unspecified atom stereocenters. The Hall–Kier alpha value is -5.67. The summed E-state index contributed by atoms with van der Waals surface area (Å²) in [7, 11) is 0. The molecule has 0 fully saturated rings. The molecule has 0 aliphatic rings. The van der Waals surface area contributed by atoms with Gasteiger partial charge in [-0.2, -0.15) is 0 Å². The second-order valence-electron chi connectivity index (χ2n) is 10.2. The highest BCUT2D eigenvalue weighted by molar-refractivity contribution is 5.77. The molecule has 2 aromatic heterocycles. The molecule has 2 heterocycles. The van der Waals surface area contributed by atoms with Crippen molar-refractivity contribution >= 4 is 0 Å². The summed E-state index contributed by atoms with van der Waals surface area (Å²) < 4.78 is 0. The van der Waals surface area contributed by atoms with Gasteiger partial charge < -0.3 is 0 Å². The topological polar surface area (TPSA) is 38.7 Å². The first-order valence-corrected chi connectivity index (χ1v) is 14.0. The van der Waals surface area contributed by atoms with E-state index in [9.17, 15) is 0 Å². The van der Waals surface area contributed by atoms with Crippen LogP contribution in [0.1, 0.15) is 0 Å². The van der Waals surface area contributed by atoms with Gasteiger partial charge in [-0.1, -0.05) is 133 Å². The summed E-state index contributed by atoms with van der Waals surface area (Å²) in [5, 5.41) is 0. The van der Waals surface area contributed by atoms with E-state index in [-0.39, 0.29) is 0 Å². The molecule has 42 heavy (non-hydrogen) atoms. The van der Waals surface area contributed by atoms with Crippen LogP contribution in [-0.4, -0.2) is 15.0 Å². The molecule has 5 aromatic carbocycles. The Labute approximate surface area is 245 Å². The molecule has 7 rings (SSSR count). The summed E-state index contributed by atoms with van der Waals surface area (Å²) in [4.78, 5) is 14.2. The fraction of sp³-hybridized carbons (Fsp3) is 0. The minimum Gasteiger partial charge on any atom is -0.264 e. The van der Waals surface area contributed by atoms with Gasteiger partial charge in [0.2, 0.25) is 0 Å². The third kappa shape index (κ3) is 5.36. The first-order valence-electron chi connectivity index (χ1n) is 14.0. The zero-order valence-electron chi connectivity index (χ0n) is 22.9. The molecule has 7 aromatic rings. The van der Waals surface area contributed by atoms with Crippen molar-refractivity contribution in [2.24, 2.45) is 0 Å². The van der Waals surface area contributed by atoms with Gasteiger partial charge in [0.25, 0.3) is 0 Å². The summed E-state index contributed by atoms with van der Waals surface area (Å²) >= 11 is 0. The van der Waals surface area contributed by atoms with Gasteiger partial charge in [-0.25, -0.2) is 9.97 Å². The van der Waals surface area contributed by atoms with E-state index in [1.54, 1.807) is 6.20 Å². The lowest BCUT2D eigenvalue weighted by Crippen LogP contribution is -1.96. The van der Waals surface area contributed by atoms with Crippen molar-refractivity contribution in [1.82, 2.24) is 15.0 Å². The van der Waals surface area contributed by atoms with Crippen molar-refractivity contribution in [3.05, 3.63) is 164 Å². The molecule has 0 saturated heterocycles. The Morgan fingerprint density at radius 3 is 1.38 bits per heavy atom. The third-order valence-electron chi connectivity index (χ3n) is 7.42. The molecule has 0 aliphatic heterocycles. The van der Waals surface area contributed by atoms with Crippen LogP contribution in [0.3, 0.4) is 0 Å². The second-order valence-corrected chi connectivity index (χ2v) is 10.2. The average molecular weight is 538 g/mol. The van der Waals surface area contributed by atoms with Gasteiger partial charge >= 0.3 is 0 Å². The number of aromatic nitrogens is 3. The van der Waals surface area contributed by atoms with Crippen molar-refractivity contribution in [2.75, 3.05) is 0 Å². The molecule has 0 bridgehead atoms. The summed E-state index contributed by atoms with van der Waals surface area (Å²) in [5.74, 6) is 0.719. The lowest BCUT2D eigenvalue weighted by atomic mass is 9.97. The van der Waals surface area contributed by atoms with Crippen LogP contribution in [0.4, 0.5) is 0 Å². The summed E-state index contributed by atoms with van der Waals surface area (Å²) in [6.07, 6.45) is 3.69. The molecule has 0 radical (unpaired) electrons. The first kappa shape index (κ1) is 25.3. The highest BCUT2D eigenvalue weighted by Gasteiger charge is 2.11. The van der Waals surface area contributed by atoms with E-state index in [0.717, 1.165) is 56.2 Å². The minimum atomic E-state index is 0.719. The Morgan fingerprint density at radius 1 is 0.310 bits per heavy atom. The molecule has 198 valence electrons. The van der Waals surface area contributed by atoms with Crippen LogP contribution in [0.2, 0.25) is 0 Å². The maximum atomic E-state index is 5.00. The number of rotatable bonds is 6. The van der Waals surface area contributed by atoms with E-state index >= 15 is 0 Å². The summed E-state index contributed by atoms with van der Waals surface area (Å²) in [6, 6.07) is 52.5. The predicted octanol–water partition coefficient (Wildman–Crippen LogP) is 9.87. The van der Waals surface area contributed by atoms with Gasteiger partial charge in [-0.15, -0.1) is 0 Å². The van der Waals surface area contributed by atoms with Crippen molar-refractivity contribution in [3.8, 4) is 67.3 Å². The molecule has 0 N–H and O–H groups in total. The molecule has 0 atom stereocenters. The Kier molecular flexibility index (Phi) is 6.89. The van der Waals surface area contributed by atoms with Crippen LogP contribution >= 0.6 is 0 Å². The number of hydrogen-bond donors (Lipinski definition) is 0. The number of hydrogen-bond acceptors (Lipinski definition) is 3. The van der Waals surface area contributed by atoms with E-state index in [2.05, 4.69) is 114 Å². The fourth-order valence-electron chi connectivity index (χ4n) is 5.17. The average Bonchev–Trinajstić information content (AvgIpc) is 3.09. The lowest BCUT2D eigenvalue weighted by molar-refractivity contribution is 1.18. The van der Waals surface area contributed by atoms with E-state index in [1.165, 1.54) is 11.1 Å². The molecular formula is C39H27N3. The Bertz CT molecular complexity index is 1880.